The number of amides is 2. The van der Waals surface area contributed by atoms with Gasteiger partial charge in [0.1, 0.15) is 5.75 Å². The number of benzene rings is 1. The van der Waals surface area contributed by atoms with E-state index < -0.39 is 0 Å². The number of hydrogen-bond donors (Lipinski definition) is 0. The summed E-state index contributed by atoms with van der Waals surface area (Å²) in [5.41, 5.74) is 1.04. The molecule has 2 amide bonds. The minimum absolute atomic E-state index is 0.0314. The molecule has 0 spiro atoms. The molecular formula is C15H20N2O3. The zero-order valence-electron chi connectivity index (χ0n) is 12.0. The van der Waals surface area contributed by atoms with Gasteiger partial charge in [0.15, 0.2) is 0 Å². The maximum absolute atomic E-state index is 12.1. The van der Waals surface area contributed by atoms with Gasteiger partial charge in [-0.05, 0) is 24.1 Å². The summed E-state index contributed by atoms with van der Waals surface area (Å²) >= 11 is 0. The molecule has 1 heterocycles. The van der Waals surface area contributed by atoms with Crippen LogP contribution in [0.15, 0.2) is 24.3 Å². The number of hydrogen-bond acceptors (Lipinski definition) is 3. The van der Waals surface area contributed by atoms with Crippen LogP contribution in [0.4, 0.5) is 0 Å². The SMILES string of the molecule is COc1ccc(CN(C)C(=O)CN2CCCC2=O)cc1. The molecule has 5 nitrogen and oxygen atoms in total. The smallest absolute Gasteiger partial charge is 0.242 e. The highest BCUT2D eigenvalue weighted by atomic mass is 16.5. The number of carbonyl (C=O) groups is 2. The molecule has 1 aromatic rings. The van der Waals surface area contributed by atoms with Crippen LogP contribution in [0, 0.1) is 0 Å². The van der Waals surface area contributed by atoms with Gasteiger partial charge in [-0.2, -0.15) is 0 Å². The zero-order chi connectivity index (χ0) is 14.5. The summed E-state index contributed by atoms with van der Waals surface area (Å²) < 4.78 is 5.10. The minimum atomic E-state index is -0.0314. The number of nitrogens with zero attached hydrogens (tertiary/aromatic N) is 2. The van der Waals surface area contributed by atoms with Crippen molar-refractivity contribution in [3.8, 4) is 5.75 Å². The van der Waals surface area contributed by atoms with Gasteiger partial charge in [0, 0.05) is 26.6 Å². The van der Waals surface area contributed by atoms with Crippen molar-refractivity contribution in [2.45, 2.75) is 19.4 Å². The summed E-state index contributed by atoms with van der Waals surface area (Å²) in [5.74, 6) is 0.845. The number of likely N-dealkylation sites (N-methyl/N-ethyl adjacent to an activating group) is 1. The lowest BCUT2D eigenvalue weighted by Crippen LogP contribution is -2.38. The van der Waals surface area contributed by atoms with E-state index in [2.05, 4.69) is 0 Å². The van der Waals surface area contributed by atoms with Gasteiger partial charge in [0.05, 0.1) is 13.7 Å². The van der Waals surface area contributed by atoms with Crippen molar-refractivity contribution in [2.24, 2.45) is 0 Å². The summed E-state index contributed by atoms with van der Waals surface area (Å²) in [6.07, 6.45) is 1.42. The van der Waals surface area contributed by atoms with Gasteiger partial charge in [-0.25, -0.2) is 0 Å². The van der Waals surface area contributed by atoms with Crippen molar-refractivity contribution >= 4 is 11.8 Å². The molecule has 5 heteroatoms. The number of ether oxygens (including phenoxy) is 1. The average Bonchev–Trinajstić information content (AvgIpc) is 2.85. The van der Waals surface area contributed by atoms with Crippen LogP contribution in [0.25, 0.3) is 0 Å². The first kappa shape index (κ1) is 14.4. The molecule has 0 saturated carbocycles. The molecule has 1 saturated heterocycles. The van der Waals surface area contributed by atoms with Gasteiger partial charge >= 0.3 is 0 Å². The fourth-order valence-electron chi connectivity index (χ4n) is 2.25. The van der Waals surface area contributed by atoms with Gasteiger partial charge < -0.3 is 14.5 Å². The highest BCUT2D eigenvalue weighted by Crippen LogP contribution is 2.13. The highest BCUT2D eigenvalue weighted by molar-refractivity contribution is 5.85. The van der Waals surface area contributed by atoms with E-state index >= 15 is 0 Å². The first-order valence-electron chi connectivity index (χ1n) is 6.75. The van der Waals surface area contributed by atoms with Crippen LogP contribution in [0.1, 0.15) is 18.4 Å². The molecule has 1 aliphatic heterocycles. The standard InChI is InChI=1S/C15H20N2O3/c1-16(10-12-5-7-13(20-2)8-6-12)15(19)11-17-9-3-4-14(17)18/h5-8H,3-4,9-11H2,1-2H3. The Labute approximate surface area is 119 Å². The Morgan fingerprint density at radius 1 is 1.35 bits per heavy atom. The zero-order valence-corrected chi connectivity index (χ0v) is 12.0. The topological polar surface area (TPSA) is 49.9 Å². The number of carbonyl (C=O) groups excluding carboxylic acids is 2. The Kier molecular flexibility index (Phi) is 4.61. The molecule has 1 fully saturated rings. The largest absolute Gasteiger partial charge is 0.497 e. The van der Waals surface area contributed by atoms with E-state index in [4.69, 9.17) is 4.74 Å². The first-order chi connectivity index (χ1) is 9.60. The van der Waals surface area contributed by atoms with Gasteiger partial charge in [0.2, 0.25) is 11.8 Å². The van der Waals surface area contributed by atoms with Crippen molar-refractivity contribution in [3.63, 3.8) is 0 Å². The fourth-order valence-corrected chi connectivity index (χ4v) is 2.25. The Morgan fingerprint density at radius 3 is 2.60 bits per heavy atom. The van der Waals surface area contributed by atoms with Crippen LogP contribution in [-0.4, -0.2) is 48.9 Å². The second-order valence-corrected chi connectivity index (χ2v) is 5.02. The lowest BCUT2D eigenvalue weighted by atomic mass is 10.2. The third kappa shape index (κ3) is 3.50. The van der Waals surface area contributed by atoms with E-state index in [0.717, 1.165) is 17.7 Å². The summed E-state index contributed by atoms with van der Waals surface area (Å²) in [5, 5.41) is 0. The minimum Gasteiger partial charge on any atom is -0.497 e. The predicted molar refractivity (Wildman–Crippen MR) is 75.3 cm³/mol. The molecule has 0 radical (unpaired) electrons. The molecule has 0 aromatic heterocycles. The van der Waals surface area contributed by atoms with Gasteiger partial charge in [-0.3, -0.25) is 9.59 Å². The van der Waals surface area contributed by atoms with Gasteiger partial charge in [-0.15, -0.1) is 0 Å². The number of methoxy groups -OCH3 is 1. The Bertz CT molecular complexity index is 484. The molecule has 1 aromatic carbocycles. The fraction of sp³-hybridized carbons (Fsp3) is 0.467. The lowest BCUT2D eigenvalue weighted by Gasteiger charge is -2.21. The van der Waals surface area contributed by atoms with E-state index in [1.165, 1.54) is 0 Å². The summed E-state index contributed by atoms with van der Waals surface area (Å²) in [4.78, 5) is 26.9. The maximum atomic E-state index is 12.1. The van der Waals surface area contributed by atoms with Gasteiger partial charge in [0.25, 0.3) is 0 Å². The van der Waals surface area contributed by atoms with Crippen molar-refractivity contribution in [3.05, 3.63) is 29.8 Å². The molecular weight excluding hydrogens is 256 g/mol. The quantitative estimate of drug-likeness (QED) is 0.814. The molecule has 0 aliphatic carbocycles. The van der Waals surface area contributed by atoms with Crippen LogP contribution < -0.4 is 4.74 Å². The molecule has 108 valence electrons. The number of rotatable bonds is 5. The maximum Gasteiger partial charge on any atom is 0.242 e. The predicted octanol–water partition coefficient (Wildman–Crippen LogP) is 1.28. The van der Waals surface area contributed by atoms with Crippen LogP contribution in [0.3, 0.4) is 0 Å². The normalized spacial score (nSPS) is 14.5. The molecule has 0 bridgehead atoms. The average molecular weight is 276 g/mol. The number of likely N-dealkylation sites (tertiary alicyclic amines) is 1. The van der Waals surface area contributed by atoms with E-state index in [9.17, 15) is 9.59 Å². The van der Waals surface area contributed by atoms with E-state index in [1.54, 1.807) is 24.0 Å². The Balaban J connectivity index is 1.88. The first-order valence-corrected chi connectivity index (χ1v) is 6.75. The van der Waals surface area contributed by atoms with Crippen molar-refractivity contribution < 1.29 is 14.3 Å². The van der Waals surface area contributed by atoms with Crippen LogP contribution >= 0.6 is 0 Å². The van der Waals surface area contributed by atoms with E-state index in [1.807, 2.05) is 24.3 Å². The van der Waals surface area contributed by atoms with Crippen LogP contribution in [-0.2, 0) is 16.1 Å². The van der Waals surface area contributed by atoms with Crippen LogP contribution in [0.2, 0.25) is 0 Å². The third-order valence-electron chi connectivity index (χ3n) is 3.50. The Hall–Kier alpha value is -2.04. The summed E-state index contributed by atoms with van der Waals surface area (Å²) in [6.45, 7) is 1.41. The van der Waals surface area contributed by atoms with E-state index in [-0.39, 0.29) is 18.4 Å². The third-order valence-corrected chi connectivity index (χ3v) is 3.50. The molecule has 2 rings (SSSR count). The molecule has 0 unspecified atom stereocenters. The van der Waals surface area contributed by atoms with Crippen molar-refractivity contribution in [1.29, 1.82) is 0 Å². The molecule has 0 atom stereocenters. The summed E-state index contributed by atoms with van der Waals surface area (Å²) in [7, 11) is 3.38. The van der Waals surface area contributed by atoms with Crippen molar-refractivity contribution in [2.75, 3.05) is 27.2 Å². The Morgan fingerprint density at radius 2 is 2.05 bits per heavy atom. The van der Waals surface area contributed by atoms with Crippen LogP contribution in [0.5, 0.6) is 5.75 Å². The van der Waals surface area contributed by atoms with Gasteiger partial charge in [-0.1, -0.05) is 12.1 Å². The molecule has 20 heavy (non-hydrogen) atoms. The second kappa shape index (κ2) is 6.41. The molecule has 0 N–H and O–H groups in total. The van der Waals surface area contributed by atoms with E-state index in [0.29, 0.717) is 19.5 Å². The lowest BCUT2D eigenvalue weighted by molar-refractivity contribution is -0.137. The van der Waals surface area contributed by atoms with Crippen molar-refractivity contribution in [1.82, 2.24) is 9.80 Å². The monoisotopic (exact) mass is 276 g/mol. The highest BCUT2D eigenvalue weighted by Gasteiger charge is 2.23. The second-order valence-electron chi connectivity index (χ2n) is 5.02. The summed E-state index contributed by atoms with van der Waals surface area (Å²) in [6, 6.07) is 7.61. The molecule has 1 aliphatic rings.